The van der Waals surface area contributed by atoms with Gasteiger partial charge in [0.25, 0.3) is 11.6 Å². The first-order valence-electron chi connectivity index (χ1n) is 8.12. The topological polar surface area (TPSA) is 105 Å². The molecule has 1 spiro atoms. The summed E-state index contributed by atoms with van der Waals surface area (Å²) in [5.41, 5.74) is -0.870. The van der Waals surface area contributed by atoms with E-state index in [1.165, 1.54) is 25.2 Å². The molecule has 136 valence electrons. The van der Waals surface area contributed by atoms with Gasteiger partial charge < -0.3 is 4.84 Å². The van der Waals surface area contributed by atoms with Gasteiger partial charge in [-0.3, -0.25) is 19.8 Å². The maximum absolute atomic E-state index is 12.9. The molecule has 0 saturated carbocycles. The lowest BCUT2D eigenvalue weighted by Gasteiger charge is -2.28. The number of para-hydroxylation sites is 2. The third-order valence-corrected chi connectivity index (χ3v) is 4.62. The van der Waals surface area contributed by atoms with Gasteiger partial charge in [0.2, 0.25) is 0 Å². The van der Waals surface area contributed by atoms with E-state index in [0.717, 1.165) is 15.4 Å². The summed E-state index contributed by atoms with van der Waals surface area (Å²) in [6.07, 6.45) is -0.0159. The van der Waals surface area contributed by atoms with Gasteiger partial charge in [-0.2, -0.15) is 0 Å². The SMILES string of the molecule is CN1C(=O)N(c2ccccc2[N+](=O)[O-])[C@]2(CC(c3ccccc3)=NO2)C1=O. The summed E-state index contributed by atoms with van der Waals surface area (Å²) in [6, 6.07) is 14.1. The summed E-state index contributed by atoms with van der Waals surface area (Å²) in [6.45, 7) is 0. The molecule has 27 heavy (non-hydrogen) atoms. The number of anilines is 1. The average Bonchev–Trinajstić information content (AvgIpc) is 3.20. The molecule has 9 heteroatoms. The van der Waals surface area contributed by atoms with E-state index in [1.54, 1.807) is 6.07 Å². The zero-order valence-electron chi connectivity index (χ0n) is 14.2. The van der Waals surface area contributed by atoms with Crippen molar-refractivity contribution in [3.05, 3.63) is 70.3 Å². The van der Waals surface area contributed by atoms with Crippen LogP contribution in [0.1, 0.15) is 12.0 Å². The minimum atomic E-state index is -1.77. The van der Waals surface area contributed by atoms with Crippen molar-refractivity contribution in [2.45, 2.75) is 12.1 Å². The van der Waals surface area contributed by atoms with Gasteiger partial charge >= 0.3 is 11.8 Å². The molecule has 9 nitrogen and oxygen atoms in total. The molecule has 0 radical (unpaired) electrons. The number of hydrogen-bond acceptors (Lipinski definition) is 6. The molecule has 0 bridgehead atoms. The molecule has 2 aromatic carbocycles. The van der Waals surface area contributed by atoms with Crippen LogP contribution in [0.25, 0.3) is 0 Å². The van der Waals surface area contributed by atoms with Crippen molar-refractivity contribution in [2.24, 2.45) is 5.16 Å². The highest BCUT2D eigenvalue weighted by Gasteiger charge is 2.63. The van der Waals surface area contributed by atoms with Gasteiger partial charge in [0.1, 0.15) is 5.69 Å². The van der Waals surface area contributed by atoms with Crippen LogP contribution < -0.4 is 4.90 Å². The molecule has 0 aromatic heterocycles. The van der Waals surface area contributed by atoms with Crippen molar-refractivity contribution in [1.82, 2.24) is 4.90 Å². The zero-order chi connectivity index (χ0) is 19.2. The van der Waals surface area contributed by atoms with Crippen molar-refractivity contribution >= 4 is 29.0 Å². The molecule has 2 aliphatic heterocycles. The molecule has 1 fully saturated rings. The van der Waals surface area contributed by atoms with E-state index in [2.05, 4.69) is 5.16 Å². The molecular weight excluding hydrogens is 352 g/mol. The lowest BCUT2D eigenvalue weighted by atomic mass is 9.99. The van der Waals surface area contributed by atoms with Crippen molar-refractivity contribution < 1.29 is 19.3 Å². The van der Waals surface area contributed by atoms with Gasteiger partial charge in [-0.1, -0.05) is 47.6 Å². The monoisotopic (exact) mass is 366 g/mol. The number of benzene rings is 2. The number of likely N-dealkylation sites (N-methyl/N-ethyl adjacent to an activating group) is 1. The fraction of sp³-hybridized carbons (Fsp3) is 0.167. The quantitative estimate of drug-likeness (QED) is 0.471. The van der Waals surface area contributed by atoms with Crippen LogP contribution in [0.3, 0.4) is 0 Å². The first-order valence-corrected chi connectivity index (χ1v) is 8.12. The number of hydrogen-bond donors (Lipinski definition) is 0. The number of amides is 3. The first-order chi connectivity index (χ1) is 13.0. The fourth-order valence-electron chi connectivity index (χ4n) is 3.30. The van der Waals surface area contributed by atoms with Crippen molar-refractivity contribution in [1.29, 1.82) is 0 Å². The first kappa shape index (κ1) is 16.7. The zero-order valence-corrected chi connectivity index (χ0v) is 14.2. The fourth-order valence-corrected chi connectivity index (χ4v) is 3.30. The standard InChI is InChI=1S/C18H14N4O5/c1-20-16(23)18(11-13(19-27-18)12-7-3-2-4-8-12)21(17(20)24)14-9-5-6-10-15(14)22(25)26/h2-10H,11H2,1H3/t18-/m0/s1. The van der Waals surface area contributed by atoms with Crippen molar-refractivity contribution in [3.63, 3.8) is 0 Å². The minimum absolute atomic E-state index is 0.0159. The number of rotatable bonds is 3. The Morgan fingerprint density at radius 2 is 1.78 bits per heavy atom. The molecule has 3 amide bonds. The number of urea groups is 1. The Morgan fingerprint density at radius 3 is 2.48 bits per heavy atom. The van der Waals surface area contributed by atoms with E-state index in [9.17, 15) is 19.7 Å². The van der Waals surface area contributed by atoms with Crippen LogP contribution >= 0.6 is 0 Å². The Labute approximate surface area is 153 Å². The van der Waals surface area contributed by atoms with Crippen LogP contribution in [0.5, 0.6) is 0 Å². The number of carbonyl (C=O) groups excluding carboxylic acids is 2. The largest absolute Gasteiger partial charge is 0.355 e. The predicted molar refractivity (Wildman–Crippen MR) is 95.2 cm³/mol. The third kappa shape index (κ3) is 2.35. The number of carbonyl (C=O) groups is 2. The summed E-state index contributed by atoms with van der Waals surface area (Å²) < 4.78 is 0. The van der Waals surface area contributed by atoms with E-state index in [0.29, 0.717) is 5.71 Å². The Bertz CT molecular complexity index is 990. The van der Waals surface area contributed by atoms with E-state index in [-0.39, 0.29) is 17.8 Å². The number of nitrogens with zero attached hydrogens (tertiary/aromatic N) is 4. The summed E-state index contributed by atoms with van der Waals surface area (Å²) in [5, 5.41) is 15.5. The van der Waals surface area contributed by atoms with Crippen molar-refractivity contribution in [3.8, 4) is 0 Å². The van der Waals surface area contributed by atoms with Crippen LogP contribution in [-0.2, 0) is 9.63 Å². The molecule has 4 rings (SSSR count). The third-order valence-electron chi connectivity index (χ3n) is 4.62. The highest BCUT2D eigenvalue weighted by molar-refractivity contribution is 6.19. The Kier molecular flexibility index (Phi) is 3.65. The summed E-state index contributed by atoms with van der Waals surface area (Å²) in [4.78, 5) is 43.9. The van der Waals surface area contributed by atoms with E-state index in [1.807, 2.05) is 30.3 Å². The Hall–Kier alpha value is -3.75. The number of oxime groups is 1. The normalized spacial score (nSPS) is 21.6. The molecule has 1 saturated heterocycles. The highest BCUT2D eigenvalue weighted by atomic mass is 16.7. The van der Waals surface area contributed by atoms with Crippen LogP contribution in [0, 0.1) is 10.1 Å². The molecule has 1 atom stereocenters. The molecular formula is C18H14N4O5. The smallest absolute Gasteiger partial charge is 0.335 e. The molecule has 2 heterocycles. The second-order valence-electron chi connectivity index (χ2n) is 6.18. The van der Waals surface area contributed by atoms with Crippen LogP contribution in [-0.4, -0.2) is 40.2 Å². The van der Waals surface area contributed by atoms with Crippen molar-refractivity contribution in [2.75, 3.05) is 11.9 Å². The minimum Gasteiger partial charge on any atom is -0.355 e. The average molecular weight is 366 g/mol. The van der Waals surface area contributed by atoms with Gasteiger partial charge in [0, 0.05) is 13.1 Å². The maximum Gasteiger partial charge on any atom is 0.335 e. The molecule has 2 aromatic rings. The second-order valence-corrected chi connectivity index (χ2v) is 6.18. The molecule has 0 aliphatic carbocycles. The lowest BCUT2D eigenvalue weighted by molar-refractivity contribution is -0.384. The maximum atomic E-state index is 12.9. The van der Waals surface area contributed by atoms with E-state index >= 15 is 0 Å². The number of nitro benzene ring substituents is 1. The van der Waals surface area contributed by atoms with E-state index in [4.69, 9.17) is 4.84 Å². The summed E-state index contributed by atoms with van der Waals surface area (Å²) in [5.74, 6) is -0.625. The summed E-state index contributed by atoms with van der Waals surface area (Å²) >= 11 is 0. The number of nitro groups is 1. The predicted octanol–water partition coefficient (Wildman–Crippen LogP) is 2.51. The second kappa shape index (κ2) is 5.90. The summed E-state index contributed by atoms with van der Waals surface area (Å²) in [7, 11) is 1.31. The number of imide groups is 1. The van der Waals surface area contributed by atoms with Gasteiger partial charge in [-0.05, 0) is 11.6 Å². The van der Waals surface area contributed by atoms with Gasteiger partial charge in [-0.25, -0.2) is 9.69 Å². The lowest BCUT2D eigenvalue weighted by Crippen LogP contribution is -2.50. The molecule has 0 unspecified atom stereocenters. The highest BCUT2D eigenvalue weighted by Crippen LogP contribution is 2.43. The van der Waals surface area contributed by atoms with Gasteiger partial charge in [-0.15, -0.1) is 0 Å². The molecule has 0 N–H and O–H groups in total. The van der Waals surface area contributed by atoms with E-state index < -0.39 is 22.6 Å². The van der Waals surface area contributed by atoms with Crippen LogP contribution in [0.4, 0.5) is 16.2 Å². The van der Waals surface area contributed by atoms with Crippen LogP contribution in [0.15, 0.2) is 59.8 Å². The Morgan fingerprint density at radius 1 is 1.11 bits per heavy atom. The molecule has 2 aliphatic rings. The van der Waals surface area contributed by atoms with Gasteiger partial charge in [0.15, 0.2) is 0 Å². The Balaban J connectivity index is 1.81. The van der Waals surface area contributed by atoms with Crippen LogP contribution in [0.2, 0.25) is 0 Å². The van der Waals surface area contributed by atoms with Gasteiger partial charge in [0.05, 0.1) is 17.1 Å².